The zero-order chi connectivity index (χ0) is 19.4. The van der Waals surface area contributed by atoms with Crippen molar-refractivity contribution in [3.05, 3.63) is 58.1 Å². The third-order valence-corrected chi connectivity index (χ3v) is 6.91. The summed E-state index contributed by atoms with van der Waals surface area (Å²) in [6.07, 6.45) is 0.215. The van der Waals surface area contributed by atoms with Gasteiger partial charge in [0, 0.05) is 23.2 Å². The van der Waals surface area contributed by atoms with Gasteiger partial charge in [0.1, 0.15) is 0 Å². The Morgan fingerprint density at radius 1 is 1.15 bits per heavy atom. The molecule has 1 fully saturated rings. The van der Waals surface area contributed by atoms with Gasteiger partial charge in [0.15, 0.2) is 0 Å². The molecule has 3 rings (SSSR count). The van der Waals surface area contributed by atoms with E-state index < -0.39 is 10.0 Å². The summed E-state index contributed by atoms with van der Waals surface area (Å²) in [6.45, 7) is 3.20. The van der Waals surface area contributed by atoms with Crippen molar-refractivity contribution in [1.29, 1.82) is 0 Å². The smallest absolute Gasteiger partial charge is 0.243 e. The quantitative estimate of drug-likeness (QED) is 0.756. The summed E-state index contributed by atoms with van der Waals surface area (Å²) in [4.78, 5) is 12.5. The monoisotopic (exact) mass is 452 g/mol. The van der Waals surface area contributed by atoms with Crippen LogP contribution in [0, 0.1) is 6.92 Å². The molecule has 1 saturated heterocycles. The first-order valence-corrected chi connectivity index (χ1v) is 10.8. The molecule has 2 aromatic rings. The molecule has 2 aromatic carbocycles. The normalized spacial score (nSPS) is 15.5. The number of nitrogens with zero attached hydrogens (tertiary/aromatic N) is 1. The van der Waals surface area contributed by atoms with E-state index in [1.807, 2.05) is 24.3 Å². The fraction of sp³-hybridized carbons (Fsp3) is 0.316. The van der Waals surface area contributed by atoms with Crippen molar-refractivity contribution in [2.24, 2.45) is 0 Å². The van der Waals surface area contributed by atoms with Gasteiger partial charge in [0.2, 0.25) is 15.9 Å². The lowest BCUT2D eigenvalue weighted by Gasteiger charge is -2.26. The largest absolute Gasteiger partial charge is 0.379 e. The van der Waals surface area contributed by atoms with Crippen molar-refractivity contribution in [3.8, 4) is 0 Å². The summed E-state index contributed by atoms with van der Waals surface area (Å²) in [5.41, 5.74) is 1.99. The third-order valence-electron chi connectivity index (χ3n) is 4.34. The highest BCUT2D eigenvalue weighted by molar-refractivity contribution is 9.10. The van der Waals surface area contributed by atoms with Crippen LogP contribution in [-0.4, -0.2) is 44.9 Å². The number of nitrogens with one attached hydrogen (secondary N) is 1. The number of ether oxygens (including phenoxy) is 1. The minimum Gasteiger partial charge on any atom is -0.379 e. The zero-order valence-corrected chi connectivity index (χ0v) is 17.3. The maximum absolute atomic E-state index is 12.9. The maximum Gasteiger partial charge on any atom is 0.243 e. The molecule has 0 saturated carbocycles. The van der Waals surface area contributed by atoms with Gasteiger partial charge in [-0.05, 0) is 42.3 Å². The van der Waals surface area contributed by atoms with Gasteiger partial charge in [-0.15, -0.1) is 0 Å². The van der Waals surface area contributed by atoms with Crippen LogP contribution in [0.2, 0.25) is 0 Å². The van der Waals surface area contributed by atoms with Gasteiger partial charge < -0.3 is 10.1 Å². The molecule has 0 radical (unpaired) electrons. The van der Waals surface area contributed by atoms with Gasteiger partial charge in [-0.1, -0.05) is 34.1 Å². The number of hydrogen-bond donors (Lipinski definition) is 1. The summed E-state index contributed by atoms with van der Waals surface area (Å²) in [5.74, 6) is -0.198. The third kappa shape index (κ3) is 4.95. The number of aryl methyl sites for hydroxylation is 1. The number of carbonyl (C=O) groups is 1. The Morgan fingerprint density at radius 2 is 1.81 bits per heavy atom. The molecule has 1 heterocycles. The molecular weight excluding hydrogens is 432 g/mol. The molecule has 0 spiro atoms. The van der Waals surface area contributed by atoms with E-state index in [4.69, 9.17) is 4.74 Å². The molecule has 0 atom stereocenters. The van der Waals surface area contributed by atoms with Gasteiger partial charge in [0.05, 0.1) is 24.5 Å². The number of rotatable bonds is 5. The molecule has 8 heteroatoms. The number of sulfonamides is 1. The number of halogens is 1. The fourth-order valence-electron chi connectivity index (χ4n) is 2.87. The lowest BCUT2D eigenvalue weighted by Crippen LogP contribution is -2.40. The lowest BCUT2D eigenvalue weighted by molar-refractivity contribution is -0.115. The number of benzene rings is 2. The molecule has 1 amide bonds. The Balaban J connectivity index is 1.76. The second kappa shape index (κ2) is 8.52. The molecule has 144 valence electrons. The summed E-state index contributed by atoms with van der Waals surface area (Å²) in [7, 11) is -3.62. The summed E-state index contributed by atoms with van der Waals surface area (Å²) >= 11 is 3.36. The molecule has 6 nitrogen and oxygen atoms in total. The average molecular weight is 453 g/mol. The van der Waals surface area contributed by atoms with E-state index in [0.717, 1.165) is 10.0 Å². The zero-order valence-electron chi connectivity index (χ0n) is 14.9. The van der Waals surface area contributed by atoms with Crippen LogP contribution in [0.3, 0.4) is 0 Å². The molecule has 0 aromatic heterocycles. The first-order chi connectivity index (χ1) is 12.9. The molecule has 1 aliphatic rings. The molecule has 0 aliphatic carbocycles. The van der Waals surface area contributed by atoms with E-state index in [-0.39, 0.29) is 17.2 Å². The van der Waals surface area contributed by atoms with E-state index >= 15 is 0 Å². The van der Waals surface area contributed by atoms with Crippen molar-refractivity contribution in [2.75, 3.05) is 31.6 Å². The van der Waals surface area contributed by atoms with Crippen LogP contribution in [0.15, 0.2) is 51.8 Å². The molecule has 1 aliphatic heterocycles. The van der Waals surface area contributed by atoms with E-state index in [0.29, 0.717) is 37.6 Å². The fourth-order valence-corrected chi connectivity index (χ4v) is 4.80. The van der Waals surface area contributed by atoms with Crippen LogP contribution in [0.4, 0.5) is 5.69 Å². The van der Waals surface area contributed by atoms with Crippen LogP contribution in [0.5, 0.6) is 0 Å². The molecule has 27 heavy (non-hydrogen) atoms. The van der Waals surface area contributed by atoms with Crippen LogP contribution < -0.4 is 5.32 Å². The topological polar surface area (TPSA) is 75.7 Å². The van der Waals surface area contributed by atoms with Crippen molar-refractivity contribution >= 4 is 37.5 Å². The lowest BCUT2D eigenvalue weighted by atomic mass is 10.1. The van der Waals surface area contributed by atoms with Gasteiger partial charge in [0.25, 0.3) is 0 Å². The summed E-state index contributed by atoms with van der Waals surface area (Å²) in [6, 6.07) is 12.4. The number of amides is 1. The number of morpholine rings is 1. The van der Waals surface area contributed by atoms with E-state index in [1.54, 1.807) is 19.1 Å². The van der Waals surface area contributed by atoms with E-state index in [2.05, 4.69) is 21.2 Å². The van der Waals surface area contributed by atoms with Gasteiger partial charge >= 0.3 is 0 Å². The standard InChI is InChI=1S/C19H21BrN2O4S/c1-14-2-7-17(21-19(23)12-15-3-5-16(20)6-4-15)13-18(14)27(24,25)22-8-10-26-11-9-22/h2-7,13H,8-12H2,1H3,(H,21,23). The Kier molecular flexibility index (Phi) is 6.31. The number of carbonyl (C=O) groups excluding carboxylic acids is 1. The average Bonchev–Trinajstić information content (AvgIpc) is 2.66. The summed E-state index contributed by atoms with van der Waals surface area (Å²) < 4.78 is 33.4. The van der Waals surface area contributed by atoms with Crippen molar-refractivity contribution in [1.82, 2.24) is 4.31 Å². The first-order valence-electron chi connectivity index (χ1n) is 8.59. The predicted octanol–water partition coefficient (Wildman–Crippen LogP) is 2.96. The van der Waals surface area contributed by atoms with Crippen LogP contribution in [-0.2, 0) is 26.0 Å². The molecule has 0 bridgehead atoms. The van der Waals surface area contributed by atoms with Gasteiger partial charge in [-0.25, -0.2) is 8.42 Å². The number of anilines is 1. The van der Waals surface area contributed by atoms with Gasteiger partial charge in [-0.3, -0.25) is 4.79 Å². The van der Waals surface area contributed by atoms with E-state index in [9.17, 15) is 13.2 Å². The molecule has 1 N–H and O–H groups in total. The SMILES string of the molecule is Cc1ccc(NC(=O)Cc2ccc(Br)cc2)cc1S(=O)(=O)N1CCOCC1. The summed E-state index contributed by atoms with van der Waals surface area (Å²) in [5, 5.41) is 2.79. The van der Waals surface area contributed by atoms with Crippen molar-refractivity contribution in [2.45, 2.75) is 18.2 Å². The minimum atomic E-state index is -3.62. The van der Waals surface area contributed by atoms with Crippen molar-refractivity contribution < 1.29 is 17.9 Å². The van der Waals surface area contributed by atoms with Crippen molar-refractivity contribution in [3.63, 3.8) is 0 Å². The Hall–Kier alpha value is -1.74. The predicted molar refractivity (Wildman–Crippen MR) is 107 cm³/mol. The van der Waals surface area contributed by atoms with Crippen LogP contribution >= 0.6 is 15.9 Å². The minimum absolute atomic E-state index is 0.198. The Labute approximate surface area is 167 Å². The number of hydrogen-bond acceptors (Lipinski definition) is 4. The second-order valence-electron chi connectivity index (χ2n) is 6.35. The maximum atomic E-state index is 12.9. The highest BCUT2D eigenvalue weighted by atomic mass is 79.9. The van der Waals surface area contributed by atoms with Gasteiger partial charge in [-0.2, -0.15) is 4.31 Å². The Bertz CT molecular complexity index is 923. The first kappa shape index (κ1) is 20.0. The highest BCUT2D eigenvalue weighted by Crippen LogP contribution is 2.24. The highest BCUT2D eigenvalue weighted by Gasteiger charge is 2.28. The Morgan fingerprint density at radius 3 is 2.48 bits per heavy atom. The molecular formula is C19H21BrN2O4S. The van der Waals surface area contributed by atoms with E-state index in [1.165, 1.54) is 10.4 Å². The molecule has 0 unspecified atom stereocenters. The van der Waals surface area contributed by atoms with Crippen LogP contribution in [0.25, 0.3) is 0 Å². The second-order valence-corrected chi connectivity index (χ2v) is 9.17. The van der Waals surface area contributed by atoms with Crippen LogP contribution in [0.1, 0.15) is 11.1 Å².